The molecule has 7 nitrogen and oxygen atoms in total. The van der Waals surface area contributed by atoms with Gasteiger partial charge in [0.1, 0.15) is 18.3 Å². The molecule has 1 amide bonds. The maximum Gasteiger partial charge on any atom is 0.412 e. The molecule has 1 N–H and O–H groups in total. The lowest BCUT2D eigenvalue weighted by Gasteiger charge is -2.18. The van der Waals surface area contributed by atoms with Gasteiger partial charge in [-0.2, -0.15) is 0 Å². The van der Waals surface area contributed by atoms with E-state index in [4.69, 9.17) is 9.47 Å². The van der Waals surface area contributed by atoms with Crippen molar-refractivity contribution in [2.75, 3.05) is 12.4 Å². The fourth-order valence-corrected chi connectivity index (χ4v) is 4.04. The molecule has 8 heteroatoms. The quantitative estimate of drug-likeness (QED) is 0.519. The zero-order chi connectivity index (χ0) is 23.1. The van der Waals surface area contributed by atoms with Crippen molar-refractivity contribution in [3.8, 4) is 0 Å². The molecule has 1 atom stereocenters. The van der Waals surface area contributed by atoms with Crippen LogP contribution >= 0.6 is 11.8 Å². The predicted molar refractivity (Wildman–Crippen MR) is 123 cm³/mol. The van der Waals surface area contributed by atoms with Crippen molar-refractivity contribution in [2.45, 2.75) is 36.3 Å². The number of hydrogen-bond donors (Lipinski definition) is 1. The van der Waals surface area contributed by atoms with Crippen molar-refractivity contribution in [1.82, 2.24) is 4.57 Å². The maximum atomic E-state index is 13.2. The molecular weight excluding hydrogens is 428 g/mol. The van der Waals surface area contributed by atoms with Crippen molar-refractivity contribution >= 4 is 29.5 Å². The number of methoxy groups -OCH3 is 1. The van der Waals surface area contributed by atoms with Gasteiger partial charge in [0.2, 0.25) is 0 Å². The molecule has 166 valence electrons. The van der Waals surface area contributed by atoms with E-state index in [2.05, 4.69) is 5.32 Å². The van der Waals surface area contributed by atoms with E-state index in [1.54, 1.807) is 19.9 Å². The van der Waals surface area contributed by atoms with Crippen LogP contribution in [0.3, 0.4) is 0 Å². The molecule has 0 radical (unpaired) electrons. The van der Waals surface area contributed by atoms with Crippen LogP contribution in [0.25, 0.3) is 0 Å². The summed E-state index contributed by atoms with van der Waals surface area (Å²) in [5, 5.41) is 2.59. The number of carbonyl (C=O) groups is 2. The smallest absolute Gasteiger partial charge is 0.412 e. The fourth-order valence-electron chi connectivity index (χ4n) is 3.03. The van der Waals surface area contributed by atoms with Crippen LogP contribution in [0.15, 0.2) is 81.3 Å². The van der Waals surface area contributed by atoms with E-state index < -0.39 is 23.7 Å². The number of nitrogens with zero attached hydrogens (tertiary/aromatic N) is 1. The van der Waals surface area contributed by atoms with Crippen molar-refractivity contribution in [3.63, 3.8) is 0 Å². The van der Waals surface area contributed by atoms with E-state index >= 15 is 0 Å². The molecule has 0 aliphatic carbocycles. The molecule has 0 bridgehead atoms. The average Bonchev–Trinajstić information content (AvgIpc) is 2.80. The number of pyridine rings is 1. The number of aryl methyl sites for hydroxylation is 1. The fraction of sp³-hybridized carbons (Fsp3) is 0.208. The molecule has 1 heterocycles. The Labute approximate surface area is 190 Å². The number of carbonyl (C=O) groups excluding carboxylic acids is 2. The van der Waals surface area contributed by atoms with Gasteiger partial charge in [-0.3, -0.25) is 19.5 Å². The van der Waals surface area contributed by atoms with Crippen LogP contribution in [0.1, 0.15) is 24.3 Å². The number of hydrogen-bond acceptors (Lipinski definition) is 6. The number of esters is 1. The Morgan fingerprint density at radius 1 is 1.06 bits per heavy atom. The summed E-state index contributed by atoms with van der Waals surface area (Å²) < 4.78 is 11.4. The summed E-state index contributed by atoms with van der Waals surface area (Å²) in [6.45, 7) is 3.21. The first kappa shape index (κ1) is 23.1. The van der Waals surface area contributed by atoms with Crippen molar-refractivity contribution in [2.24, 2.45) is 0 Å². The highest BCUT2D eigenvalue weighted by molar-refractivity contribution is 7.99. The molecule has 1 unspecified atom stereocenters. The molecule has 0 aliphatic rings. The molecule has 0 saturated heterocycles. The van der Waals surface area contributed by atoms with Gasteiger partial charge in [0.15, 0.2) is 0 Å². The SMILES string of the molecule is COC(=O)Cn1c(C)cc(Sc2ccccc2)c(NC(=O)OC(C)c2ccccc2)c1=O. The Balaban J connectivity index is 1.93. The van der Waals surface area contributed by atoms with Gasteiger partial charge in [-0.25, -0.2) is 4.79 Å². The second kappa shape index (κ2) is 10.7. The van der Waals surface area contributed by atoms with E-state index in [0.29, 0.717) is 10.6 Å². The van der Waals surface area contributed by atoms with Gasteiger partial charge in [0.05, 0.1) is 7.11 Å². The molecule has 0 spiro atoms. The number of rotatable bonds is 7. The molecule has 1 aromatic heterocycles. The molecule has 3 rings (SSSR count). The Morgan fingerprint density at radius 3 is 2.31 bits per heavy atom. The molecule has 32 heavy (non-hydrogen) atoms. The first-order valence-corrected chi connectivity index (χ1v) is 10.8. The number of ether oxygens (including phenoxy) is 2. The molecular formula is C24H24N2O5S. The summed E-state index contributed by atoms with van der Waals surface area (Å²) in [5.41, 5.74) is 0.917. The van der Waals surface area contributed by atoms with E-state index in [1.165, 1.54) is 23.4 Å². The maximum absolute atomic E-state index is 13.2. The summed E-state index contributed by atoms with van der Waals surface area (Å²) in [5.74, 6) is -0.565. The number of aromatic nitrogens is 1. The summed E-state index contributed by atoms with van der Waals surface area (Å²) in [7, 11) is 1.25. The van der Waals surface area contributed by atoms with Crippen LogP contribution in [-0.4, -0.2) is 23.7 Å². The monoisotopic (exact) mass is 452 g/mol. The minimum Gasteiger partial charge on any atom is -0.468 e. The second-order valence-electron chi connectivity index (χ2n) is 6.99. The normalized spacial score (nSPS) is 11.5. The number of amides is 1. The van der Waals surface area contributed by atoms with Gasteiger partial charge in [-0.1, -0.05) is 60.3 Å². The summed E-state index contributed by atoms with van der Waals surface area (Å²) >= 11 is 1.33. The lowest BCUT2D eigenvalue weighted by Crippen LogP contribution is -2.31. The highest BCUT2D eigenvalue weighted by Gasteiger charge is 2.20. The van der Waals surface area contributed by atoms with E-state index in [1.807, 2.05) is 60.7 Å². The van der Waals surface area contributed by atoms with Crippen LogP contribution in [-0.2, 0) is 20.8 Å². The van der Waals surface area contributed by atoms with E-state index in [-0.39, 0.29) is 12.2 Å². The Hall–Kier alpha value is -3.52. The van der Waals surface area contributed by atoms with E-state index in [9.17, 15) is 14.4 Å². The standard InChI is InChI=1S/C24H24N2O5S/c1-16-14-20(32-19-12-8-5-9-13-19)22(23(28)26(16)15-21(27)30-3)25-24(29)31-17(2)18-10-6-4-7-11-18/h4-14,17H,15H2,1-3H3,(H,25,29). The lowest BCUT2D eigenvalue weighted by molar-refractivity contribution is -0.141. The van der Waals surface area contributed by atoms with Crippen LogP contribution in [0.5, 0.6) is 0 Å². The largest absolute Gasteiger partial charge is 0.468 e. The summed E-state index contributed by atoms with van der Waals surface area (Å²) in [6, 6.07) is 20.5. The first-order valence-electron chi connectivity index (χ1n) is 9.95. The third-order valence-corrected chi connectivity index (χ3v) is 5.79. The van der Waals surface area contributed by atoms with Gasteiger partial charge in [-0.15, -0.1) is 0 Å². The zero-order valence-corrected chi connectivity index (χ0v) is 18.8. The molecule has 0 saturated carbocycles. The minimum absolute atomic E-state index is 0.0404. The number of nitrogens with one attached hydrogen (secondary N) is 1. The Morgan fingerprint density at radius 2 is 1.69 bits per heavy atom. The topological polar surface area (TPSA) is 86.6 Å². The molecule has 3 aromatic rings. The van der Waals surface area contributed by atoms with Crippen LogP contribution in [0, 0.1) is 6.92 Å². The molecule has 0 aliphatic heterocycles. The van der Waals surface area contributed by atoms with Crippen molar-refractivity contribution < 1.29 is 19.1 Å². The highest BCUT2D eigenvalue weighted by Crippen LogP contribution is 2.32. The Bertz CT molecular complexity index is 1150. The van der Waals surface area contributed by atoms with Crippen LogP contribution in [0.2, 0.25) is 0 Å². The predicted octanol–water partition coefficient (Wildman–Crippen LogP) is 4.79. The number of benzene rings is 2. The molecule has 0 fully saturated rings. The highest BCUT2D eigenvalue weighted by atomic mass is 32.2. The molecule has 2 aromatic carbocycles. The van der Waals surface area contributed by atoms with Crippen molar-refractivity contribution in [1.29, 1.82) is 0 Å². The minimum atomic E-state index is -0.762. The summed E-state index contributed by atoms with van der Waals surface area (Å²) in [4.78, 5) is 39.1. The van der Waals surface area contributed by atoms with Crippen molar-refractivity contribution in [3.05, 3.63) is 88.3 Å². The third-order valence-electron chi connectivity index (χ3n) is 4.74. The van der Waals surface area contributed by atoms with E-state index in [0.717, 1.165) is 10.5 Å². The number of anilines is 1. The van der Waals surface area contributed by atoms with Gasteiger partial charge >= 0.3 is 12.1 Å². The zero-order valence-electron chi connectivity index (χ0n) is 18.0. The Kier molecular flexibility index (Phi) is 7.72. The van der Waals surface area contributed by atoms with Crippen LogP contribution < -0.4 is 10.9 Å². The van der Waals surface area contributed by atoms with Gasteiger partial charge < -0.3 is 9.47 Å². The van der Waals surface area contributed by atoms with Gasteiger partial charge in [0, 0.05) is 15.5 Å². The second-order valence-corrected chi connectivity index (χ2v) is 8.11. The summed E-state index contributed by atoms with van der Waals surface area (Å²) in [6.07, 6.45) is -1.27. The third kappa shape index (κ3) is 5.79. The first-order chi connectivity index (χ1) is 15.4. The average molecular weight is 453 g/mol. The van der Waals surface area contributed by atoms with Crippen LogP contribution in [0.4, 0.5) is 10.5 Å². The lowest BCUT2D eigenvalue weighted by atomic mass is 10.1. The van der Waals surface area contributed by atoms with Gasteiger partial charge in [-0.05, 0) is 37.6 Å². The van der Waals surface area contributed by atoms with Gasteiger partial charge in [0.25, 0.3) is 5.56 Å².